The summed E-state index contributed by atoms with van der Waals surface area (Å²) in [5.74, 6) is -0.536. The molecule has 0 amide bonds. The Morgan fingerprint density at radius 2 is 1.96 bits per heavy atom. The van der Waals surface area contributed by atoms with E-state index in [0.29, 0.717) is 25.4 Å². The van der Waals surface area contributed by atoms with Crippen LogP contribution in [0.4, 0.5) is 0 Å². The fourth-order valence-corrected chi connectivity index (χ4v) is 3.68. The highest BCUT2D eigenvalue weighted by molar-refractivity contribution is 5.90. The van der Waals surface area contributed by atoms with Crippen LogP contribution in [-0.2, 0) is 19.0 Å². The smallest absolute Gasteiger partial charge is 0.338 e. The summed E-state index contributed by atoms with van der Waals surface area (Å²) in [5.41, 5.74) is 1.24. The van der Waals surface area contributed by atoms with Crippen LogP contribution < -0.4 is 0 Å². The SMILES string of the molecule is CCOC(=O)c1cccc(/C=C/C23CCC(COC(C)=O)(CC2)CO3)c1. The normalized spacial score (nSPS) is 27.5. The first-order valence-corrected chi connectivity index (χ1v) is 9.20. The average molecular weight is 358 g/mol. The van der Waals surface area contributed by atoms with Crippen LogP contribution in [0.2, 0.25) is 0 Å². The van der Waals surface area contributed by atoms with Crippen molar-refractivity contribution in [2.75, 3.05) is 19.8 Å². The largest absolute Gasteiger partial charge is 0.465 e. The van der Waals surface area contributed by atoms with Crippen LogP contribution in [0.15, 0.2) is 30.3 Å². The molecule has 26 heavy (non-hydrogen) atoms. The molecule has 0 aromatic heterocycles. The Kier molecular flexibility index (Phi) is 5.47. The maximum Gasteiger partial charge on any atom is 0.338 e. The zero-order valence-electron chi connectivity index (χ0n) is 15.5. The van der Waals surface area contributed by atoms with Gasteiger partial charge in [-0.2, -0.15) is 0 Å². The summed E-state index contributed by atoms with van der Waals surface area (Å²) < 4.78 is 16.5. The fraction of sp³-hybridized carbons (Fsp3) is 0.524. The molecule has 2 heterocycles. The lowest BCUT2D eigenvalue weighted by atomic mass is 9.66. The summed E-state index contributed by atoms with van der Waals surface area (Å²) in [5, 5.41) is 0. The van der Waals surface area contributed by atoms with Gasteiger partial charge in [-0.25, -0.2) is 4.79 Å². The van der Waals surface area contributed by atoms with E-state index in [0.717, 1.165) is 31.2 Å². The first kappa shape index (κ1) is 18.6. The molecule has 5 nitrogen and oxygen atoms in total. The van der Waals surface area contributed by atoms with Gasteiger partial charge in [-0.1, -0.05) is 24.3 Å². The second kappa shape index (κ2) is 7.62. The second-order valence-electron chi connectivity index (χ2n) is 7.31. The zero-order chi connectivity index (χ0) is 18.6. The number of benzene rings is 1. The van der Waals surface area contributed by atoms with Crippen molar-refractivity contribution in [3.63, 3.8) is 0 Å². The number of carbonyl (C=O) groups is 2. The van der Waals surface area contributed by atoms with Crippen molar-refractivity contribution in [1.29, 1.82) is 0 Å². The Morgan fingerprint density at radius 1 is 1.19 bits per heavy atom. The predicted molar refractivity (Wildman–Crippen MR) is 97.6 cm³/mol. The number of ether oxygens (including phenoxy) is 3. The lowest BCUT2D eigenvalue weighted by Crippen LogP contribution is -2.52. The molecule has 1 aromatic carbocycles. The zero-order valence-corrected chi connectivity index (χ0v) is 15.5. The summed E-state index contributed by atoms with van der Waals surface area (Å²) in [6.45, 7) is 4.68. The molecule has 3 fully saturated rings. The summed E-state index contributed by atoms with van der Waals surface area (Å²) in [7, 11) is 0. The predicted octanol–water partition coefficient (Wildman–Crippen LogP) is 3.77. The molecule has 0 atom stereocenters. The molecular formula is C21H26O5. The van der Waals surface area contributed by atoms with Crippen molar-refractivity contribution in [1.82, 2.24) is 0 Å². The Labute approximate surface area is 154 Å². The van der Waals surface area contributed by atoms with E-state index in [1.165, 1.54) is 6.92 Å². The molecule has 1 aromatic rings. The molecule has 140 valence electrons. The Morgan fingerprint density at radius 3 is 2.58 bits per heavy atom. The maximum absolute atomic E-state index is 11.9. The van der Waals surface area contributed by atoms with Crippen LogP contribution in [0.1, 0.15) is 55.5 Å². The fourth-order valence-electron chi connectivity index (χ4n) is 3.68. The lowest BCUT2D eigenvalue weighted by molar-refractivity contribution is -0.182. The highest BCUT2D eigenvalue weighted by atomic mass is 16.5. The van der Waals surface area contributed by atoms with Crippen LogP contribution in [0.25, 0.3) is 6.08 Å². The highest BCUT2D eigenvalue weighted by Crippen LogP contribution is 2.49. The number of esters is 2. The Bertz CT molecular complexity index is 682. The van der Waals surface area contributed by atoms with Gasteiger partial charge in [0.2, 0.25) is 0 Å². The van der Waals surface area contributed by atoms with E-state index in [2.05, 4.69) is 6.08 Å². The van der Waals surface area contributed by atoms with E-state index >= 15 is 0 Å². The average Bonchev–Trinajstić information content (AvgIpc) is 2.67. The van der Waals surface area contributed by atoms with Crippen LogP contribution in [-0.4, -0.2) is 37.4 Å². The van der Waals surface area contributed by atoms with E-state index in [-0.39, 0.29) is 23.0 Å². The van der Waals surface area contributed by atoms with Gasteiger partial charge >= 0.3 is 11.9 Å². The van der Waals surface area contributed by atoms with E-state index in [9.17, 15) is 9.59 Å². The van der Waals surface area contributed by atoms with Crippen LogP contribution in [0.3, 0.4) is 0 Å². The number of fused-ring (bicyclic) bond motifs is 3. The first-order valence-electron chi connectivity index (χ1n) is 9.20. The van der Waals surface area contributed by atoms with Gasteiger partial charge in [-0.05, 0) is 50.3 Å². The standard InChI is InChI=1S/C21H26O5/c1-3-24-19(23)18-6-4-5-17(13-18)7-8-21-11-9-20(10-12-21,15-26-21)14-25-16(2)22/h4-8,13H,3,9-12,14-15H2,1-2H3/b8-7+. The molecular weight excluding hydrogens is 332 g/mol. The van der Waals surface area contributed by atoms with Crippen LogP contribution >= 0.6 is 0 Å². The van der Waals surface area contributed by atoms with E-state index in [1.807, 2.05) is 24.3 Å². The van der Waals surface area contributed by atoms with E-state index < -0.39 is 0 Å². The minimum Gasteiger partial charge on any atom is -0.465 e. The Balaban J connectivity index is 1.65. The van der Waals surface area contributed by atoms with Crippen molar-refractivity contribution in [2.45, 2.75) is 45.1 Å². The minimum atomic E-state index is -0.303. The molecule has 4 rings (SSSR count). The third-order valence-electron chi connectivity index (χ3n) is 5.38. The Hall–Kier alpha value is -2.14. The van der Waals surface area contributed by atoms with Gasteiger partial charge in [0, 0.05) is 12.3 Å². The number of hydrogen-bond acceptors (Lipinski definition) is 5. The van der Waals surface area contributed by atoms with Crippen LogP contribution in [0, 0.1) is 5.41 Å². The van der Waals surface area contributed by atoms with E-state index in [1.54, 1.807) is 13.0 Å². The number of carbonyl (C=O) groups excluding carboxylic acids is 2. The van der Waals surface area contributed by atoms with Gasteiger partial charge in [0.15, 0.2) is 0 Å². The summed E-state index contributed by atoms with van der Waals surface area (Å²) in [6.07, 6.45) is 7.96. The molecule has 1 saturated carbocycles. The molecule has 3 aliphatic rings. The molecule has 1 aliphatic carbocycles. The van der Waals surface area contributed by atoms with E-state index in [4.69, 9.17) is 14.2 Å². The monoisotopic (exact) mass is 358 g/mol. The topological polar surface area (TPSA) is 61.8 Å². The summed E-state index contributed by atoms with van der Waals surface area (Å²) in [4.78, 5) is 23.0. The third-order valence-corrected chi connectivity index (χ3v) is 5.38. The van der Waals surface area contributed by atoms with Crippen molar-refractivity contribution in [2.24, 2.45) is 5.41 Å². The molecule has 2 aliphatic heterocycles. The summed E-state index contributed by atoms with van der Waals surface area (Å²) in [6, 6.07) is 7.42. The van der Waals surface area contributed by atoms with Gasteiger partial charge in [-0.15, -0.1) is 0 Å². The van der Waals surface area contributed by atoms with Gasteiger partial charge in [0.25, 0.3) is 0 Å². The van der Waals surface area contributed by atoms with Crippen molar-refractivity contribution >= 4 is 18.0 Å². The lowest BCUT2D eigenvalue weighted by Gasteiger charge is -2.51. The molecule has 0 N–H and O–H groups in total. The van der Waals surface area contributed by atoms with Gasteiger partial charge in [-0.3, -0.25) is 4.79 Å². The number of hydrogen-bond donors (Lipinski definition) is 0. The van der Waals surface area contributed by atoms with Gasteiger partial charge < -0.3 is 14.2 Å². The van der Waals surface area contributed by atoms with Gasteiger partial charge in [0.1, 0.15) is 0 Å². The highest BCUT2D eigenvalue weighted by Gasteiger charge is 2.49. The minimum absolute atomic E-state index is 0.0227. The maximum atomic E-state index is 11.9. The second-order valence-corrected chi connectivity index (χ2v) is 7.31. The molecule has 5 heteroatoms. The molecule has 0 spiro atoms. The first-order chi connectivity index (χ1) is 12.5. The summed E-state index contributed by atoms with van der Waals surface area (Å²) >= 11 is 0. The van der Waals surface area contributed by atoms with Crippen molar-refractivity contribution < 1.29 is 23.8 Å². The third kappa shape index (κ3) is 4.15. The van der Waals surface area contributed by atoms with Crippen LogP contribution in [0.5, 0.6) is 0 Å². The van der Waals surface area contributed by atoms with Crippen molar-refractivity contribution in [3.05, 3.63) is 41.5 Å². The molecule has 0 unspecified atom stereocenters. The molecule has 2 bridgehead atoms. The van der Waals surface area contributed by atoms with Crippen molar-refractivity contribution in [3.8, 4) is 0 Å². The molecule has 0 radical (unpaired) electrons. The molecule has 2 saturated heterocycles. The number of rotatable bonds is 6. The van der Waals surface area contributed by atoms with Gasteiger partial charge in [0.05, 0.1) is 31.0 Å². The quantitative estimate of drug-likeness (QED) is 0.725.